The lowest BCUT2D eigenvalue weighted by Gasteiger charge is -2.06. The lowest BCUT2D eigenvalue weighted by atomic mass is 10.2. The van der Waals surface area contributed by atoms with Crippen molar-refractivity contribution >= 4 is 22.3 Å². The van der Waals surface area contributed by atoms with Crippen LogP contribution < -0.4 is 11.1 Å². The first-order valence-corrected chi connectivity index (χ1v) is 6.05. The lowest BCUT2D eigenvalue weighted by Crippen LogP contribution is -2.12. The van der Waals surface area contributed by atoms with Crippen molar-refractivity contribution in [3.8, 4) is 6.07 Å². The number of pyridine rings is 1. The molecule has 80 valence electrons. The number of hydrogen-bond acceptors (Lipinski definition) is 5. The summed E-state index contributed by atoms with van der Waals surface area (Å²) >= 11 is 0. The highest BCUT2D eigenvalue weighted by molar-refractivity contribution is 7.84. The highest BCUT2D eigenvalue weighted by atomic mass is 32.2. The molecule has 1 heterocycles. The second-order valence-corrected chi connectivity index (χ2v) is 4.54. The highest BCUT2D eigenvalue weighted by Crippen LogP contribution is 2.13. The van der Waals surface area contributed by atoms with Crippen molar-refractivity contribution < 1.29 is 4.21 Å². The number of aromatic nitrogens is 1. The number of nitrogens with zero attached hydrogens (tertiary/aromatic N) is 2. The van der Waals surface area contributed by atoms with Crippen LogP contribution in [0, 0.1) is 11.3 Å². The van der Waals surface area contributed by atoms with Gasteiger partial charge in [0, 0.05) is 29.4 Å². The standard InChI is InChI=1S/C9H12N4OS/c1-15(14)3-2-12-9-7(5-10)4-8(11)6-13-9/h4,6H,2-3,11H2,1H3,(H,12,13). The summed E-state index contributed by atoms with van der Waals surface area (Å²) in [6.45, 7) is 0.523. The third kappa shape index (κ3) is 3.56. The Morgan fingerprint density at radius 2 is 2.47 bits per heavy atom. The van der Waals surface area contributed by atoms with Crippen LogP contribution >= 0.6 is 0 Å². The fourth-order valence-electron chi connectivity index (χ4n) is 1.02. The Bertz CT molecular complexity index is 413. The molecule has 3 N–H and O–H groups in total. The minimum Gasteiger partial charge on any atom is -0.397 e. The molecule has 15 heavy (non-hydrogen) atoms. The monoisotopic (exact) mass is 224 g/mol. The van der Waals surface area contributed by atoms with E-state index in [1.807, 2.05) is 6.07 Å². The predicted molar refractivity (Wildman–Crippen MR) is 60.8 cm³/mol. The molecule has 1 atom stereocenters. The Kier molecular flexibility index (Phi) is 4.06. The van der Waals surface area contributed by atoms with Crippen LogP contribution in [0.25, 0.3) is 0 Å². The molecule has 0 bridgehead atoms. The second kappa shape index (κ2) is 5.32. The van der Waals surface area contributed by atoms with Crippen molar-refractivity contribution in [3.63, 3.8) is 0 Å². The molecule has 5 nitrogen and oxygen atoms in total. The van der Waals surface area contributed by atoms with E-state index >= 15 is 0 Å². The molecule has 6 heteroatoms. The summed E-state index contributed by atoms with van der Waals surface area (Å²) in [5.74, 6) is 1.01. The summed E-state index contributed by atoms with van der Waals surface area (Å²) < 4.78 is 10.8. The third-order valence-electron chi connectivity index (χ3n) is 1.71. The first kappa shape index (κ1) is 11.5. The highest BCUT2D eigenvalue weighted by Gasteiger charge is 2.03. The molecule has 0 aliphatic carbocycles. The van der Waals surface area contributed by atoms with E-state index in [4.69, 9.17) is 11.0 Å². The van der Waals surface area contributed by atoms with E-state index in [1.54, 1.807) is 12.3 Å². The van der Waals surface area contributed by atoms with Gasteiger partial charge in [0.15, 0.2) is 0 Å². The van der Waals surface area contributed by atoms with Crippen LogP contribution in [-0.4, -0.2) is 27.7 Å². The van der Waals surface area contributed by atoms with E-state index in [-0.39, 0.29) is 0 Å². The minimum absolute atomic E-state index is 0.400. The second-order valence-electron chi connectivity index (χ2n) is 2.98. The zero-order valence-electron chi connectivity index (χ0n) is 8.36. The molecule has 0 aliphatic rings. The van der Waals surface area contributed by atoms with Gasteiger partial charge in [-0.3, -0.25) is 4.21 Å². The van der Waals surface area contributed by atoms with Crippen LogP contribution in [0.2, 0.25) is 0 Å². The van der Waals surface area contributed by atoms with E-state index in [0.717, 1.165) is 0 Å². The van der Waals surface area contributed by atoms with Crippen molar-refractivity contribution in [1.29, 1.82) is 5.26 Å². The van der Waals surface area contributed by atoms with Crippen molar-refractivity contribution in [1.82, 2.24) is 4.98 Å². The molecule has 1 unspecified atom stereocenters. The average molecular weight is 224 g/mol. The zero-order chi connectivity index (χ0) is 11.3. The Labute approximate surface area is 90.8 Å². The summed E-state index contributed by atoms with van der Waals surface area (Å²) in [5, 5.41) is 11.7. The van der Waals surface area contributed by atoms with Crippen molar-refractivity contribution in [2.75, 3.05) is 29.6 Å². The summed E-state index contributed by atoms with van der Waals surface area (Å²) in [7, 11) is -0.850. The van der Waals surface area contributed by atoms with Gasteiger partial charge in [-0.1, -0.05) is 0 Å². The topological polar surface area (TPSA) is 91.8 Å². The van der Waals surface area contributed by atoms with Gasteiger partial charge < -0.3 is 11.1 Å². The SMILES string of the molecule is CS(=O)CCNc1ncc(N)cc1C#N. The normalized spacial score (nSPS) is 11.7. The van der Waals surface area contributed by atoms with Crippen LogP contribution in [0.5, 0.6) is 0 Å². The minimum atomic E-state index is -0.850. The smallest absolute Gasteiger partial charge is 0.144 e. The summed E-state index contributed by atoms with van der Waals surface area (Å²) in [6, 6.07) is 3.55. The van der Waals surface area contributed by atoms with Crippen LogP contribution in [0.15, 0.2) is 12.3 Å². The van der Waals surface area contributed by atoms with E-state index in [0.29, 0.717) is 29.4 Å². The molecule has 1 aromatic rings. The van der Waals surface area contributed by atoms with E-state index < -0.39 is 10.8 Å². The average Bonchev–Trinajstić information content (AvgIpc) is 2.19. The van der Waals surface area contributed by atoms with Crippen LogP contribution in [-0.2, 0) is 10.8 Å². The largest absolute Gasteiger partial charge is 0.397 e. The zero-order valence-corrected chi connectivity index (χ0v) is 9.17. The van der Waals surface area contributed by atoms with Gasteiger partial charge in [-0.2, -0.15) is 5.26 Å². The fraction of sp³-hybridized carbons (Fsp3) is 0.333. The number of nitrogen functional groups attached to an aromatic ring is 1. The maximum atomic E-state index is 10.8. The number of hydrogen-bond donors (Lipinski definition) is 2. The Balaban J connectivity index is 2.69. The summed E-state index contributed by atoms with van der Waals surface area (Å²) in [4.78, 5) is 3.99. The maximum Gasteiger partial charge on any atom is 0.144 e. The quantitative estimate of drug-likeness (QED) is 0.768. The number of anilines is 2. The van der Waals surface area contributed by atoms with E-state index in [9.17, 15) is 4.21 Å². The molecule has 0 radical (unpaired) electrons. The van der Waals surface area contributed by atoms with Gasteiger partial charge in [-0.25, -0.2) is 4.98 Å². The number of nitrogens with two attached hydrogens (primary N) is 1. The molecule has 0 aliphatic heterocycles. The van der Waals surface area contributed by atoms with Gasteiger partial charge in [0.05, 0.1) is 17.4 Å². The molecule has 1 rings (SSSR count). The predicted octanol–water partition coefficient (Wildman–Crippen LogP) is 0.326. The molecule has 0 amide bonds. The molecule has 0 saturated carbocycles. The molecule has 0 fully saturated rings. The van der Waals surface area contributed by atoms with Gasteiger partial charge in [0.25, 0.3) is 0 Å². The van der Waals surface area contributed by atoms with Crippen molar-refractivity contribution in [3.05, 3.63) is 17.8 Å². The van der Waals surface area contributed by atoms with Gasteiger partial charge in [0.2, 0.25) is 0 Å². The Morgan fingerprint density at radius 1 is 1.73 bits per heavy atom. The van der Waals surface area contributed by atoms with Crippen LogP contribution in [0.1, 0.15) is 5.56 Å². The van der Waals surface area contributed by atoms with Gasteiger partial charge in [-0.15, -0.1) is 0 Å². The van der Waals surface area contributed by atoms with Crippen LogP contribution in [0.3, 0.4) is 0 Å². The van der Waals surface area contributed by atoms with Crippen LogP contribution in [0.4, 0.5) is 11.5 Å². The summed E-state index contributed by atoms with van der Waals surface area (Å²) in [6.07, 6.45) is 3.11. The third-order valence-corrected chi connectivity index (χ3v) is 2.49. The molecule has 0 spiro atoms. The maximum absolute atomic E-state index is 10.8. The van der Waals surface area contributed by atoms with Crippen molar-refractivity contribution in [2.45, 2.75) is 0 Å². The van der Waals surface area contributed by atoms with E-state index in [2.05, 4.69) is 10.3 Å². The molecule has 1 aromatic heterocycles. The Hall–Kier alpha value is -1.61. The Morgan fingerprint density at radius 3 is 3.07 bits per heavy atom. The fourth-order valence-corrected chi connectivity index (χ4v) is 1.41. The van der Waals surface area contributed by atoms with Crippen molar-refractivity contribution in [2.24, 2.45) is 0 Å². The van der Waals surface area contributed by atoms with Gasteiger partial charge in [-0.05, 0) is 6.07 Å². The van der Waals surface area contributed by atoms with E-state index in [1.165, 1.54) is 6.20 Å². The van der Waals surface area contributed by atoms with Gasteiger partial charge in [0.1, 0.15) is 11.9 Å². The number of nitriles is 1. The molecular weight excluding hydrogens is 212 g/mol. The van der Waals surface area contributed by atoms with Gasteiger partial charge >= 0.3 is 0 Å². The lowest BCUT2D eigenvalue weighted by molar-refractivity contribution is 0.687. The first-order chi connectivity index (χ1) is 7.13. The molecule has 0 saturated heterocycles. The first-order valence-electron chi connectivity index (χ1n) is 4.33. The number of rotatable bonds is 4. The molecular formula is C9H12N4OS. The molecule has 0 aromatic carbocycles. The summed E-state index contributed by atoms with van der Waals surface area (Å²) in [5.41, 5.74) is 6.34. The number of nitrogens with one attached hydrogen (secondary N) is 1.